The summed E-state index contributed by atoms with van der Waals surface area (Å²) in [5, 5.41) is 10.2. The van der Waals surface area contributed by atoms with E-state index in [0.29, 0.717) is 16.6 Å². The predicted octanol–water partition coefficient (Wildman–Crippen LogP) is 1.52. The lowest BCUT2D eigenvalue weighted by molar-refractivity contribution is 0.0699. The Kier molecular flexibility index (Phi) is 1.81. The number of nitrogens with two attached hydrogens (primary N) is 1. The van der Waals surface area contributed by atoms with Crippen molar-refractivity contribution in [1.82, 2.24) is 4.98 Å². The van der Waals surface area contributed by atoms with Crippen molar-refractivity contribution in [3.05, 3.63) is 36.0 Å². The Morgan fingerprint density at radius 3 is 2.79 bits per heavy atom. The lowest BCUT2D eigenvalue weighted by Gasteiger charge is -2.03. The molecule has 0 saturated carbocycles. The van der Waals surface area contributed by atoms with E-state index in [9.17, 15) is 4.79 Å². The number of rotatable bonds is 1. The van der Waals surface area contributed by atoms with Gasteiger partial charge in [-0.3, -0.25) is 0 Å². The maximum Gasteiger partial charge on any atom is 0.336 e. The van der Waals surface area contributed by atoms with Crippen molar-refractivity contribution >= 4 is 22.6 Å². The van der Waals surface area contributed by atoms with Gasteiger partial charge in [0.15, 0.2) is 0 Å². The number of benzene rings is 1. The Morgan fingerprint density at radius 2 is 2.07 bits per heavy atom. The number of aromatic nitrogens is 1. The molecule has 4 heteroatoms. The highest BCUT2D eigenvalue weighted by Gasteiger charge is 2.08. The molecule has 0 spiro atoms. The fraction of sp³-hybridized carbons (Fsp3) is 0. The van der Waals surface area contributed by atoms with Gasteiger partial charge in [0.2, 0.25) is 0 Å². The van der Waals surface area contributed by atoms with E-state index in [1.807, 2.05) is 0 Å². The summed E-state index contributed by atoms with van der Waals surface area (Å²) in [5.41, 5.74) is 5.87. The summed E-state index contributed by atoms with van der Waals surface area (Å²) in [5.74, 6) is -0.605. The van der Waals surface area contributed by atoms with Gasteiger partial charge in [0.05, 0.1) is 5.56 Å². The molecule has 0 aliphatic heterocycles. The Balaban J connectivity index is 2.88. The van der Waals surface area contributed by atoms with Gasteiger partial charge < -0.3 is 10.8 Å². The molecule has 3 N–H and O–H groups in total. The van der Waals surface area contributed by atoms with Gasteiger partial charge in [0.1, 0.15) is 5.82 Å². The molecule has 0 fully saturated rings. The largest absolute Gasteiger partial charge is 0.478 e. The number of carboxylic acids is 1. The molecule has 0 aliphatic rings. The van der Waals surface area contributed by atoms with Gasteiger partial charge >= 0.3 is 5.97 Å². The van der Waals surface area contributed by atoms with Gasteiger partial charge in [-0.2, -0.15) is 0 Å². The van der Waals surface area contributed by atoms with E-state index in [0.717, 1.165) is 0 Å². The Morgan fingerprint density at radius 1 is 1.29 bits per heavy atom. The van der Waals surface area contributed by atoms with Crippen LogP contribution in [-0.2, 0) is 0 Å². The minimum Gasteiger partial charge on any atom is -0.478 e. The van der Waals surface area contributed by atoms with Gasteiger partial charge in [-0.15, -0.1) is 0 Å². The molecule has 0 saturated heterocycles. The topological polar surface area (TPSA) is 76.2 Å². The fourth-order valence-corrected chi connectivity index (χ4v) is 1.42. The molecular weight excluding hydrogens is 180 g/mol. The summed E-state index contributed by atoms with van der Waals surface area (Å²) in [7, 11) is 0. The number of anilines is 1. The van der Waals surface area contributed by atoms with Crippen molar-refractivity contribution in [2.45, 2.75) is 0 Å². The number of carbonyl (C=O) groups is 1. The van der Waals surface area contributed by atoms with Crippen LogP contribution in [0.3, 0.4) is 0 Å². The Hall–Kier alpha value is -2.10. The maximum absolute atomic E-state index is 10.9. The van der Waals surface area contributed by atoms with Gasteiger partial charge in [0, 0.05) is 17.0 Å². The first-order valence-corrected chi connectivity index (χ1v) is 4.06. The molecule has 0 radical (unpaired) electrons. The monoisotopic (exact) mass is 188 g/mol. The third-order valence-electron chi connectivity index (χ3n) is 2.07. The van der Waals surface area contributed by atoms with Crippen LogP contribution < -0.4 is 5.73 Å². The van der Waals surface area contributed by atoms with E-state index in [1.54, 1.807) is 24.3 Å². The highest BCUT2D eigenvalue weighted by atomic mass is 16.4. The second kappa shape index (κ2) is 2.99. The Bertz CT molecular complexity index is 508. The molecule has 0 amide bonds. The van der Waals surface area contributed by atoms with E-state index < -0.39 is 5.97 Å². The van der Waals surface area contributed by atoms with Crippen LogP contribution in [-0.4, -0.2) is 16.1 Å². The zero-order valence-corrected chi connectivity index (χ0v) is 7.27. The zero-order valence-electron chi connectivity index (χ0n) is 7.27. The average molecular weight is 188 g/mol. The van der Waals surface area contributed by atoms with Crippen molar-refractivity contribution in [3.8, 4) is 0 Å². The molecule has 2 aromatic rings. The van der Waals surface area contributed by atoms with Crippen LogP contribution in [0.2, 0.25) is 0 Å². The number of hydrogen-bond donors (Lipinski definition) is 2. The second-order valence-corrected chi connectivity index (χ2v) is 2.90. The van der Waals surface area contributed by atoms with Crippen molar-refractivity contribution in [2.24, 2.45) is 0 Å². The van der Waals surface area contributed by atoms with Crippen LogP contribution in [0.25, 0.3) is 10.8 Å². The van der Waals surface area contributed by atoms with Crippen LogP contribution in [0.15, 0.2) is 30.5 Å². The quantitative estimate of drug-likeness (QED) is 0.711. The summed E-state index contributed by atoms with van der Waals surface area (Å²) < 4.78 is 0. The number of hydrogen-bond acceptors (Lipinski definition) is 3. The van der Waals surface area contributed by atoms with Crippen LogP contribution in [0.1, 0.15) is 10.4 Å². The molecule has 0 aliphatic carbocycles. The maximum atomic E-state index is 10.9. The highest BCUT2D eigenvalue weighted by Crippen LogP contribution is 2.21. The van der Waals surface area contributed by atoms with Gasteiger partial charge in [-0.05, 0) is 12.1 Å². The Labute approximate surface area is 80.0 Å². The highest BCUT2D eigenvalue weighted by molar-refractivity contribution is 6.06. The third kappa shape index (κ3) is 1.17. The molecule has 1 aromatic heterocycles. The minimum absolute atomic E-state index is 0.247. The van der Waals surface area contributed by atoms with Crippen LogP contribution in [0.4, 0.5) is 5.82 Å². The van der Waals surface area contributed by atoms with Gasteiger partial charge in [-0.1, -0.05) is 12.1 Å². The second-order valence-electron chi connectivity index (χ2n) is 2.90. The molecule has 1 aromatic carbocycles. The molecule has 0 unspecified atom stereocenters. The normalized spacial score (nSPS) is 10.3. The van der Waals surface area contributed by atoms with Crippen LogP contribution >= 0.6 is 0 Å². The SMILES string of the molecule is Nc1nccc2c(C(=O)O)cccc12. The van der Waals surface area contributed by atoms with E-state index in [4.69, 9.17) is 10.8 Å². The van der Waals surface area contributed by atoms with E-state index >= 15 is 0 Å². The molecule has 70 valence electrons. The summed E-state index contributed by atoms with van der Waals surface area (Å²) in [6, 6.07) is 6.60. The molecule has 14 heavy (non-hydrogen) atoms. The molecular formula is C10H8N2O2. The van der Waals surface area contributed by atoms with E-state index in [1.165, 1.54) is 6.20 Å². The van der Waals surface area contributed by atoms with Crippen molar-refractivity contribution < 1.29 is 9.90 Å². The number of fused-ring (bicyclic) bond motifs is 1. The lowest BCUT2D eigenvalue weighted by atomic mass is 10.1. The summed E-state index contributed by atoms with van der Waals surface area (Å²) in [6.45, 7) is 0. The lowest BCUT2D eigenvalue weighted by Crippen LogP contribution is -1.99. The number of aromatic carboxylic acids is 1. The average Bonchev–Trinajstić information content (AvgIpc) is 2.17. The first-order valence-electron chi connectivity index (χ1n) is 4.06. The summed E-state index contributed by atoms with van der Waals surface area (Å²) in [6.07, 6.45) is 1.50. The number of nitrogen functional groups attached to an aromatic ring is 1. The number of carboxylic acid groups (broad SMARTS) is 1. The number of pyridine rings is 1. The standard InChI is InChI=1S/C10H8N2O2/c11-9-7-2-1-3-8(10(13)14)6(7)4-5-12-9/h1-5H,(H2,11,12)(H,13,14). The smallest absolute Gasteiger partial charge is 0.336 e. The zero-order chi connectivity index (χ0) is 10.1. The van der Waals surface area contributed by atoms with E-state index in [2.05, 4.69) is 4.98 Å². The summed E-state index contributed by atoms with van der Waals surface area (Å²) >= 11 is 0. The van der Waals surface area contributed by atoms with Crippen LogP contribution in [0.5, 0.6) is 0 Å². The first-order chi connectivity index (χ1) is 6.70. The molecule has 1 heterocycles. The molecule has 2 rings (SSSR count). The van der Waals surface area contributed by atoms with Crippen molar-refractivity contribution in [1.29, 1.82) is 0 Å². The number of nitrogens with zero attached hydrogens (tertiary/aromatic N) is 1. The van der Waals surface area contributed by atoms with Crippen molar-refractivity contribution in [2.75, 3.05) is 5.73 Å². The van der Waals surface area contributed by atoms with Gasteiger partial charge in [-0.25, -0.2) is 9.78 Å². The van der Waals surface area contributed by atoms with Crippen LogP contribution in [0, 0.1) is 0 Å². The summed E-state index contributed by atoms with van der Waals surface area (Å²) in [4.78, 5) is 14.8. The van der Waals surface area contributed by atoms with E-state index in [-0.39, 0.29) is 5.56 Å². The predicted molar refractivity (Wildman–Crippen MR) is 53.1 cm³/mol. The molecule has 0 atom stereocenters. The minimum atomic E-state index is -0.957. The first kappa shape index (κ1) is 8.50. The molecule has 0 bridgehead atoms. The third-order valence-corrected chi connectivity index (χ3v) is 2.07. The van der Waals surface area contributed by atoms with Gasteiger partial charge in [0.25, 0.3) is 0 Å². The fourth-order valence-electron chi connectivity index (χ4n) is 1.42. The molecule has 4 nitrogen and oxygen atoms in total. The van der Waals surface area contributed by atoms with Crippen molar-refractivity contribution in [3.63, 3.8) is 0 Å².